The van der Waals surface area contributed by atoms with Crippen LogP contribution in [0.25, 0.3) is 0 Å². The van der Waals surface area contributed by atoms with E-state index in [1.54, 1.807) is 0 Å². The maximum absolute atomic E-state index is 12.5. The van der Waals surface area contributed by atoms with Gasteiger partial charge in [-0.1, -0.05) is 50.3 Å². The van der Waals surface area contributed by atoms with E-state index in [-0.39, 0.29) is 29.7 Å². The average molecular weight is 454 g/mol. The molecule has 0 radical (unpaired) electrons. The Morgan fingerprint density at radius 1 is 1.00 bits per heavy atom. The molecule has 1 aromatic carbocycles. The van der Waals surface area contributed by atoms with Gasteiger partial charge in [-0.2, -0.15) is 0 Å². The smallest absolute Gasteiger partial charge is 0.258 e. The van der Waals surface area contributed by atoms with Crippen LogP contribution in [0, 0.1) is 0 Å². The number of nitrogens with one attached hydrogen (secondary N) is 1. The first-order valence-electron chi connectivity index (χ1n) is 12.2. The fourth-order valence-electron chi connectivity index (χ4n) is 4.66. The second-order valence-corrected chi connectivity index (χ2v) is 9.07. The first kappa shape index (κ1) is 23.4. The molecule has 7 heteroatoms. The Labute approximate surface area is 195 Å². The molecule has 2 aromatic rings. The number of benzene rings is 1. The topological polar surface area (TPSA) is 75.0 Å². The minimum atomic E-state index is -0.252. The van der Waals surface area contributed by atoms with Gasteiger partial charge in [0.1, 0.15) is 12.0 Å². The summed E-state index contributed by atoms with van der Waals surface area (Å²) in [6.45, 7) is 4.09. The third-order valence-corrected chi connectivity index (χ3v) is 6.55. The molecule has 2 heterocycles. The van der Waals surface area contributed by atoms with Crippen molar-refractivity contribution in [3.05, 3.63) is 58.6 Å². The number of hydrogen-bond acceptors (Lipinski definition) is 6. The zero-order valence-corrected chi connectivity index (χ0v) is 19.3. The maximum Gasteiger partial charge on any atom is 0.258 e. The van der Waals surface area contributed by atoms with Crippen molar-refractivity contribution in [1.29, 1.82) is 0 Å². The van der Waals surface area contributed by atoms with Gasteiger partial charge >= 0.3 is 0 Å². The minimum absolute atomic E-state index is 0.0838. The van der Waals surface area contributed by atoms with Crippen LogP contribution >= 0.6 is 0 Å². The molecule has 1 aliphatic carbocycles. The number of piperazine rings is 1. The van der Waals surface area contributed by atoms with Crippen molar-refractivity contribution in [3.8, 4) is 5.75 Å². The van der Waals surface area contributed by atoms with Crippen molar-refractivity contribution in [2.24, 2.45) is 0 Å². The van der Waals surface area contributed by atoms with Gasteiger partial charge in [0, 0.05) is 44.0 Å². The number of para-hydroxylation sites is 1. The van der Waals surface area contributed by atoms with Crippen LogP contribution in [0.3, 0.4) is 0 Å². The van der Waals surface area contributed by atoms with E-state index in [0.29, 0.717) is 12.3 Å². The third kappa shape index (κ3) is 7.09. The Balaban J connectivity index is 1.22. The maximum atomic E-state index is 12.5. The number of amides is 1. The molecule has 2 aliphatic rings. The molecule has 1 N–H and O–H groups in total. The highest BCUT2D eigenvalue weighted by molar-refractivity contribution is 5.77. The second kappa shape index (κ2) is 11.9. The zero-order chi connectivity index (χ0) is 22.9. The van der Waals surface area contributed by atoms with Crippen LogP contribution in [0.4, 0.5) is 5.69 Å². The molecule has 33 heavy (non-hydrogen) atoms. The van der Waals surface area contributed by atoms with Gasteiger partial charge in [0.2, 0.25) is 11.2 Å². The van der Waals surface area contributed by atoms with Gasteiger partial charge in [-0.3, -0.25) is 14.5 Å². The van der Waals surface area contributed by atoms with E-state index in [1.807, 2.05) is 6.07 Å². The fourth-order valence-corrected chi connectivity index (χ4v) is 4.66. The van der Waals surface area contributed by atoms with Crippen molar-refractivity contribution < 1.29 is 13.9 Å². The van der Waals surface area contributed by atoms with Gasteiger partial charge < -0.3 is 19.4 Å². The van der Waals surface area contributed by atoms with Crippen molar-refractivity contribution in [3.63, 3.8) is 0 Å². The summed E-state index contributed by atoms with van der Waals surface area (Å²) >= 11 is 0. The Morgan fingerprint density at radius 3 is 2.39 bits per heavy atom. The van der Waals surface area contributed by atoms with Crippen molar-refractivity contribution in [2.75, 3.05) is 37.7 Å². The molecule has 7 nitrogen and oxygen atoms in total. The molecule has 178 valence electrons. The predicted molar refractivity (Wildman–Crippen MR) is 129 cm³/mol. The first-order valence-corrected chi connectivity index (χ1v) is 12.2. The Kier molecular flexibility index (Phi) is 8.41. The number of hydrogen-bond donors (Lipinski definition) is 1. The molecule has 1 aromatic heterocycles. The molecule has 1 saturated heterocycles. The van der Waals surface area contributed by atoms with Crippen LogP contribution in [0.2, 0.25) is 0 Å². The molecule has 0 atom stereocenters. The van der Waals surface area contributed by atoms with Gasteiger partial charge in [-0.15, -0.1) is 0 Å². The van der Waals surface area contributed by atoms with E-state index in [1.165, 1.54) is 37.3 Å². The van der Waals surface area contributed by atoms with E-state index in [4.69, 9.17) is 9.15 Å². The normalized spacial score (nSPS) is 18.4. The molecule has 2 fully saturated rings. The van der Waals surface area contributed by atoms with E-state index in [9.17, 15) is 9.59 Å². The number of rotatable bonds is 7. The van der Waals surface area contributed by atoms with Gasteiger partial charge in [0.15, 0.2) is 6.61 Å². The van der Waals surface area contributed by atoms with Gasteiger partial charge in [-0.25, -0.2) is 0 Å². The molecule has 1 amide bonds. The molecule has 0 unspecified atom stereocenters. The summed E-state index contributed by atoms with van der Waals surface area (Å²) in [5, 5.41) is 3.05. The van der Waals surface area contributed by atoms with Crippen molar-refractivity contribution in [2.45, 2.75) is 57.5 Å². The van der Waals surface area contributed by atoms with Crippen LogP contribution in [-0.4, -0.2) is 49.6 Å². The van der Waals surface area contributed by atoms with Crippen molar-refractivity contribution >= 4 is 11.6 Å². The Morgan fingerprint density at radius 2 is 1.70 bits per heavy atom. The van der Waals surface area contributed by atoms with E-state index in [0.717, 1.165) is 51.9 Å². The largest absolute Gasteiger partial charge is 0.477 e. The SMILES string of the molecule is O=C(COc1coc(CN2CCN(c3ccccc3)CC2)cc1=O)NC1CCCCCCC1. The predicted octanol–water partition coefficient (Wildman–Crippen LogP) is 3.57. The highest BCUT2D eigenvalue weighted by atomic mass is 16.5. The first-order chi connectivity index (χ1) is 16.2. The highest BCUT2D eigenvalue weighted by Gasteiger charge is 2.19. The summed E-state index contributed by atoms with van der Waals surface area (Å²) in [6, 6.07) is 12.1. The molecular weight excluding hydrogens is 418 g/mol. The Hall–Kier alpha value is -2.80. The average Bonchev–Trinajstić information content (AvgIpc) is 2.81. The summed E-state index contributed by atoms with van der Waals surface area (Å²) in [6.07, 6.45) is 9.43. The number of ether oxygens (including phenoxy) is 1. The summed E-state index contributed by atoms with van der Waals surface area (Å²) in [7, 11) is 0. The lowest BCUT2D eigenvalue weighted by molar-refractivity contribution is -0.124. The van der Waals surface area contributed by atoms with Gasteiger partial charge in [-0.05, 0) is 25.0 Å². The number of anilines is 1. The van der Waals surface area contributed by atoms with Gasteiger partial charge in [0.25, 0.3) is 5.91 Å². The molecule has 0 spiro atoms. The molecular formula is C26H35N3O4. The molecule has 1 saturated carbocycles. The van der Waals surface area contributed by atoms with E-state index >= 15 is 0 Å². The lowest BCUT2D eigenvalue weighted by Gasteiger charge is -2.35. The van der Waals surface area contributed by atoms with Crippen LogP contribution < -0.4 is 20.4 Å². The van der Waals surface area contributed by atoms with Crippen molar-refractivity contribution in [1.82, 2.24) is 10.2 Å². The molecule has 0 bridgehead atoms. The second-order valence-electron chi connectivity index (χ2n) is 9.07. The zero-order valence-electron chi connectivity index (χ0n) is 19.3. The van der Waals surface area contributed by atoms with Crippen LogP contribution in [-0.2, 0) is 11.3 Å². The molecule has 4 rings (SSSR count). The van der Waals surface area contributed by atoms with E-state index in [2.05, 4.69) is 39.4 Å². The summed E-state index contributed by atoms with van der Waals surface area (Å²) in [5.74, 6) is 0.514. The number of nitrogens with zero attached hydrogens (tertiary/aromatic N) is 2. The minimum Gasteiger partial charge on any atom is -0.477 e. The summed E-state index contributed by atoms with van der Waals surface area (Å²) in [5.41, 5.74) is 0.988. The molecule has 1 aliphatic heterocycles. The Bertz CT molecular complexity index is 930. The summed E-state index contributed by atoms with van der Waals surface area (Å²) in [4.78, 5) is 29.4. The monoisotopic (exact) mass is 453 g/mol. The third-order valence-electron chi connectivity index (χ3n) is 6.55. The fraction of sp³-hybridized carbons (Fsp3) is 0.538. The lowest BCUT2D eigenvalue weighted by Crippen LogP contribution is -2.46. The quantitative estimate of drug-likeness (QED) is 0.691. The highest BCUT2D eigenvalue weighted by Crippen LogP contribution is 2.18. The van der Waals surface area contributed by atoms with Crippen LogP contribution in [0.1, 0.15) is 50.7 Å². The lowest BCUT2D eigenvalue weighted by atomic mass is 9.97. The number of carbonyl (C=O) groups excluding carboxylic acids is 1. The number of carbonyl (C=O) groups is 1. The van der Waals surface area contributed by atoms with Crippen LogP contribution in [0.15, 0.2) is 51.9 Å². The van der Waals surface area contributed by atoms with Gasteiger partial charge in [0.05, 0.1) is 6.54 Å². The van der Waals surface area contributed by atoms with E-state index < -0.39 is 0 Å². The summed E-state index contributed by atoms with van der Waals surface area (Å²) < 4.78 is 11.1. The van der Waals surface area contributed by atoms with Crippen LogP contribution in [0.5, 0.6) is 5.75 Å². The standard InChI is InChI=1S/C26H35N3O4/c30-24-17-23(18-28-13-15-29(16-14-28)22-11-7-4-8-12-22)32-19-25(24)33-20-26(31)27-21-9-5-2-1-3-6-10-21/h4,7-8,11-12,17,19,21H,1-3,5-6,9-10,13-16,18,20H2,(H,27,31).